The number of rotatable bonds is 5. The van der Waals surface area contributed by atoms with E-state index in [1.165, 1.54) is 11.1 Å². The van der Waals surface area contributed by atoms with Crippen molar-refractivity contribution in [3.63, 3.8) is 0 Å². The molecule has 0 radical (unpaired) electrons. The molecule has 1 heterocycles. The van der Waals surface area contributed by atoms with Crippen molar-refractivity contribution in [1.29, 1.82) is 0 Å². The van der Waals surface area contributed by atoms with Crippen LogP contribution >= 0.6 is 0 Å². The molecule has 0 spiro atoms. The van der Waals surface area contributed by atoms with Crippen molar-refractivity contribution >= 4 is 11.7 Å². The zero-order chi connectivity index (χ0) is 15.4. The second kappa shape index (κ2) is 6.39. The van der Waals surface area contributed by atoms with E-state index in [0.717, 1.165) is 12.1 Å². The van der Waals surface area contributed by atoms with E-state index in [1.54, 1.807) is 13.0 Å². The highest BCUT2D eigenvalue weighted by Crippen LogP contribution is 2.21. The molecule has 0 amide bonds. The molecule has 2 aromatic rings. The van der Waals surface area contributed by atoms with Crippen molar-refractivity contribution in [2.75, 3.05) is 5.32 Å². The second-order valence-electron chi connectivity index (χ2n) is 5.05. The summed E-state index contributed by atoms with van der Waals surface area (Å²) in [5.74, 6) is -0.953. The molecule has 0 atom stereocenters. The van der Waals surface area contributed by atoms with Gasteiger partial charge in [0.25, 0.3) is 0 Å². The van der Waals surface area contributed by atoms with Crippen LogP contribution in [0.5, 0.6) is 0 Å². The topological polar surface area (TPSA) is 62.2 Å². The number of aryl methyl sites for hydroxylation is 3. The molecule has 4 nitrogen and oxygen atoms in total. The van der Waals surface area contributed by atoms with Crippen LogP contribution in [0.4, 0.5) is 5.69 Å². The van der Waals surface area contributed by atoms with Gasteiger partial charge in [0.2, 0.25) is 0 Å². The number of anilines is 1. The predicted octanol–water partition coefficient (Wildman–Crippen LogP) is 3.57. The highest BCUT2D eigenvalue weighted by atomic mass is 16.4. The first-order valence-corrected chi connectivity index (χ1v) is 7.05. The Labute approximate surface area is 124 Å². The number of aromatic nitrogens is 1. The molecule has 1 aromatic heterocycles. The number of hydrogen-bond acceptors (Lipinski definition) is 3. The van der Waals surface area contributed by atoms with E-state index >= 15 is 0 Å². The Bertz CT molecular complexity index is 666. The highest BCUT2D eigenvalue weighted by Gasteiger charge is 2.15. The summed E-state index contributed by atoms with van der Waals surface area (Å²) in [5, 5.41) is 12.6. The number of hydrogen-bond donors (Lipinski definition) is 2. The van der Waals surface area contributed by atoms with Gasteiger partial charge in [0, 0.05) is 12.2 Å². The van der Waals surface area contributed by atoms with Gasteiger partial charge in [0.15, 0.2) is 0 Å². The Morgan fingerprint density at radius 2 is 1.90 bits per heavy atom. The van der Waals surface area contributed by atoms with Crippen LogP contribution in [0.25, 0.3) is 0 Å². The summed E-state index contributed by atoms with van der Waals surface area (Å²) in [7, 11) is 0. The molecule has 1 aromatic carbocycles. The van der Waals surface area contributed by atoms with Gasteiger partial charge >= 0.3 is 5.97 Å². The Balaban J connectivity index is 2.30. The van der Waals surface area contributed by atoms with Crippen LogP contribution < -0.4 is 5.32 Å². The molecule has 2 N–H and O–H groups in total. The molecule has 21 heavy (non-hydrogen) atoms. The number of aromatic carboxylic acids is 1. The van der Waals surface area contributed by atoms with E-state index in [1.807, 2.05) is 19.1 Å². The number of nitrogens with zero attached hydrogens (tertiary/aromatic N) is 1. The standard InChI is InChI=1S/C17H20N2O2/c1-4-13-7-5-6-8-14(13)10-18-15-9-11(2)19-12(3)16(15)17(20)21/h5-9H,4,10H2,1-3H3,(H,18,19)(H,20,21). The number of carboxylic acid groups (broad SMARTS) is 1. The van der Waals surface area contributed by atoms with E-state index < -0.39 is 5.97 Å². The summed E-state index contributed by atoms with van der Waals surface area (Å²) < 4.78 is 0. The molecular weight excluding hydrogens is 264 g/mol. The lowest BCUT2D eigenvalue weighted by molar-refractivity contribution is 0.0696. The lowest BCUT2D eigenvalue weighted by Gasteiger charge is -2.14. The van der Waals surface area contributed by atoms with Crippen molar-refractivity contribution in [2.45, 2.75) is 33.7 Å². The Hall–Kier alpha value is -2.36. The molecule has 0 aliphatic heterocycles. The fourth-order valence-electron chi connectivity index (χ4n) is 2.50. The first kappa shape index (κ1) is 15.0. The molecular formula is C17H20N2O2. The van der Waals surface area contributed by atoms with E-state index in [9.17, 15) is 9.90 Å². The minimum Gasteiger partial charge on any atom is -0.478 e. The van der Waals surface area contributed by atoms with Crippen molar-refractivity contribution < 1.29 is 9.90 Å². The normalized spacial score (nSPS) is 10.4. The molecule has 0 aliphatic carbocycles. The van der Waals surface area contributed by atoms with Crippen molar-refractivity contribution in [1.82, 2.24) is 4.98 Å². The van der Waals surface area contributed by atoms with Gasteiger partial charge < -0.3 is 10.4 Å². The van der Waals surface area contributed by atoms with Gasteiger partial charge in [-0.1, -0.05) is 31.2 Å². The lowest BCUT2D eigenvalue weighted by Crippen LogP contribution is -2.11. The number of nitrogens with one attached hydrogen (secondary N) is 1. The largest absolute Gasteiger partial charge is 0.478 e. The van der Waals surface area contributed by atoms with Crippen LogP contribution in [0.2, 0.25) is 0 Å². The average Bonchev–Trinajstić information content (AvgIpc) is 2.44. The van der Waals surface area contributed by atoms with E-state index in [-0.39, 0.29) is 5.56 Å². The van der Waals surface area contributed by atoms with Gasteiger partial charge in [-0.05, 0) is 37.5 Å². The van der Waals surface area contributed by atoms with Gasteiger partial charge in [-0.25, -0.2) is 4.79 Å². The van der Waals surface area contributed by atoms with Gasteiger partial charge in [-0.2, -0.15) is 0 Å². The smallest absolute Gasteiger partial charge is 0.339 e. The van der Waals surface area contributed by atoms with Crippen LogP contribution in [-0.2, 0) is 13.0 Å². The molecule has 110 valence electrons. The molecule has 0 saturated carbocycles. The number of pyridine rings is 1. The van der Waals surface area contributed by atoms with Crippen LogP contribution in [0.1, 0.15) is 39.8 Å². The van der Waals surface area contributed by atoms with Crippen LogP contribution in [0, 0.1) is 13.8 Å². The van der Waals surface area contributed by atoms with Crippen molar-refractivity contribution in [3.05, 3.63) is 58.4 Å². The molecule has 4 heteroatoms. The monoisotopic (exact) mass is 284 g/mol. The average molecular weight is 284 g/mol. The lowest BCUT2D eigenvalue weighted by atomic mass is 10.0. The van der Waals surface area contributed by atoms with Crippen molar-refractivity contribution in [2.24, 2.45) is 0 Å². The van der Waals surface area contributed by atoms with E-state index in [0.29, 0.717) is 17.9 Å². The molecule has 0 fully saturated rings. The zero-order valence-corrected chi connectivity index (χ0v) is 12.6. The summed E-state index contributed by atoms with van der Waals surface area (Å²) in [6.45, 7) is 6.31. The van der Waals surface area contributed by atoms with Crippen molar-refractivity contribution in [3.8, 4) is 0 Å². The number of carboxylic acids is 1. The fourth-order valence-corrected chi connectivity index (χ4v) is 2.50. The van der Waals surface area contributed by atoms with Crippen LogP contribution in [0.15, 0.2) is 30.3 Å². The van der Waals surface area contributed by atoms with Gasteiger partial charge in [-0.3, -0.25) is 4.98 Å². The highest BCUT2D eigenvalue weighted by molar-refractivity contribution is 5.95. The minimum absolute atomic E-state index is 0.245. The maximum absolute atomic E-state index is 11.4. The molecule has 0 saturated heterocycles. The summed E-state index contributed by atoms with van der Waals surface area (Å²) in [6.07, 6.45) is 0.956. The molecule has 0 unspecified atom stereocenters. The third kappa shape index (κ3) is 3.40. The number of carbonyl (C=O) groups is 1. The summed E-state index contributed by atoms with van der Waals surface area (Å²) in [4.78, 5) is 15.6. The Kier molecular flexibility index (Phi) is 4.58. The maximum atomic E-state index is 11.4. The summed E-state index contributed by atoms with van der Waals surface area (Å²) in [5.41, 5.74) is 4.67. The molecule has 2 rings (SSSR count). The second-order valence-corrected chi connectivity index (χ2v) is 5.05. The summed E-state index contributed by atoms with van der Waals surface area (Å²) in [6, 6.07) is 9.96. The van der Waals surface area contributed by atoms with Crippen LogP contribution in [0.3, 0.4) is 0 Å². The fraction of sp³-hybridized carbons (Fsp3) is 0.294. The predicted molar refractivity (Wildman–Crippen MR) is 83.8 cm³/mol. The van der Waals surface area contributed by atoms with Gasteiger partial charge in [-0.15, -0.1) is 0 Å². The van der Waals surface area contributed by atoms with Gasteiger partial charge in [0.1, 0.15) is 5.56 Å². The van der Waals surface area contributed by atoms with E-state index in [4.69, 9.17) is 0 Å². The Morgan fingerprint density at radius 1 is 1.24 bits per heavy atom. The maximum Gasteiger partial charge on any atom is 0.339 e. The Morgan fingerprint density at radius 3 is 2.52 bits per heavy atom. The first-order chi connectivity index (χ1) is 10.0. The quantitative estimate of drug-likeness (QED) is 0.881. The molecule has 0 aliphatic rings. The summed E-state index contributed by atoms with van der Waals surface area (Å²) >= 11 is 0. The molecule has 0 bridgehead atoms. The third-order valence-corrected chi connectivity index (χ3v) is 3.51. The third-order valence-electron chi connectivity index (χ3n) is 3.51. The number of benzene rings is 1. The first-order valence-electron chi connectivity index (χ1n) is 7.05. The van der Waals surface area contributed by atoms with Crippen LogP contribution in [-0.4, -0.2) is 16.1 Å². The zero-order valence-electron chi connectivity index (χ0n) is 12.6. The minimum atomic E-state index is -0.953. The van der Waals surface area contributed by atoms with E-state index in [2.05, 4.69) is 29.4 Å². The van der Waals surface area contributed by atoms with Gasteiger partial charge in [0.05, 0.1) is 11.4 Å². The SMILES string of the molecule is CCc1ccccc1CNc1cc(C)nc(C)c1C(=O)O.